The van der Waals surface area contributed by atoms with E-state index in [0.29, 0.717) is 24.7 Å². The molecule has 0 fully saturated rings. The predicted molar refractivity (Wildman–Crippen MR) is 72.0 cm³/mol. The number of ether oxygens (including phenoxy) is 2. The molecule has 0 aliphatic heterocycles. The summed E-state index contributed by atoms with van der Waals surface area (Å²) in [5, 5.41) is 3.43. The van der Waals surface area contributed by atoms with Crippen LogP contribution in [0.1, 0.15) is 26.7 Å². The number of unbranched alkanes of at least 4 members (excludes halogenated alkanes) is 1. The molecule has 0 saturated heterocycles. The first kappa shape index (κ1) is 14.2. The largest absolute Gasteiger partial charge is 0.493 e. The van der Waals surface area contributed by atoms with Gasteiger partial charge in [-0.1, -0.05) is 25.5 Å². The Hall–Kier alpha value is -1.84. The summed E-state index contributed by atoms with van der Waals surface area (Å²) in [6.07, 6.45) is 5.95. The maximum atomic E-state index is 7.09. The van der Waals surface area contributed by atoms with Gasteiger partial charge in [0.05, 0.1) is 6.61 Å². The first-order valence-electron chi connectivity index (χ1n) is 6.20. The van der Waals surface area contributed by atoms with E-state index >= 15 is 0 Å². The first-order chi connectivity index (χ1) is 8.81. The summed E-state index contributed by atoms with van der Waals surface area (Å²) in [7, 11) is 0. The van der Waals surface area contributed by atoms with Gasteiger partial charge in [0.2, 0.25) is 0 Å². The molecule has 0 spiro atoms. The van der Waals surface area contributed by atoms with Crippen LogP contribution in [0, 0.1) is 5.53 Å². The molecule has 0 aliphatic rings. The number of nitrogens with zero attached hydrogens (tertiary/aromatic N) is 1. The molecule has 0 atom stereocenters. The fourth-order valence-electron chi connectivity index (χ4n) is 1.36. The lowest BCUT2D eigenvalue weighted by atomic mass is 10.3. The zero-order chi connectivity index (χ0) is 13.2. The molecule has 1 N–H and O–H groups in total. The lowest BCUT2D eigenvalue weighted by Gasteiger charge is -2.10. The summed E-state index contributed by atoms with van der Waals surface area (Å²) in [6, 6.07) is 5.33. The molecule has 4 nitrogen and oxygen atoms in total. The monoisotopic (exact) mass is 248 g/mol. The van der Waals surface area contributed by atoms with Crippen LogP contribution < -0.4 is 9.47 Å². The molecule has 0 aromatic heterocycles. The SMILES string of the molecule is C/C=C/COc1cc(OCCCC)ccc1N=N. The molecule has 0 aliphatic carbocycles. The lowest BCUT2D eigenvalue weighted by Crippen LogP contribution is -1.98. The summed E-state index contributed by atoms with van der Waals surface area (Å²) in [6.45, 7) is 5.22. The zero-order valence-corrected chi connectivity index (χ0v) is 11.0. The van der Waals surface area contributed by atoms with Gasteiger partial charge in [-0.05, 0) is 25.5 Å². The van der Waals surface area contributed by atoms with E-state index in [1.54, 1.807) is 12.1 Å². The van der Waals surface area contributed by atoms with Gasteiger partial charge in [0.25, 0.3) is 0 Å². The molecule has 0 amide bonds. The second kappa shape index (κ2) is 8.28. The molecule has 98 valence electrons. The summed E-state index contributed by atoms with van der Waals surface area (Å²) in [5.41, 5.74) is 7.61. The topological polar surface area (TPSA) is 54.7 Å². The summed E-state index contributed by atoms with van der Waals surface area (Å²) < 4.78 is 11.1. The minimum absolute atomic E-state index is 0.470. The van der Waals surface area contributed by atoms with Crippen molar-refractivity contribution in [2.45, 2.75) is 26.7 Å². The molecule has 0 bridgehead atoms. The van der Waals surface area contributed by atoms with E-state index in [2.05, 4.69) is 12.0 Å². The van der Waals surface area contributed by atoms with Gasteiger partial charge in [-0.2, -0.15) is 5.11 Å². The Morgan fingerprint density at radius 2 is 2.17 bits per heavy atom. The zero-order valence-electron chi connectivity index (χ0n) is 11.0. The Balaban J connectivity index is 2.70. The lowest BCUT2D eigenvalue weighted by molar-refractivity contribution is 0.305. The number of nitrogens with one attached hydrogen (secondary N) is 1. The van der Waals surface area contributed by atoms with Crippen LogP contribution in [0.2, 0.25) is 0 Å². The van der Waals surface area contributed by atoms with Gasteiger partial charge < -0.3 is 9.47 Å². The molecule has 4 heteroatoms. The van der Waals surface area contributed by atoms with E-state index < -0.39 is 0 Å². The van der Waals surface area contributed by atoms with Gasteiger partial charge in [-0.3, -0.25) is 0 Å². The van der Waals surface area contributed by atoms with Crippen molar-refractivity contribution >= 4 is 5.69 Å². The van der Waals surface area contributed by atoms with E-state index in [1.165, 1.54) is 0 Å². The fraction of sp³-hybridized carbons (Fsp3) is 0.429. The maximum Gasteiger partial charge on any atom is 0.150 e. The second-order valence-electron chi connectivity index (χ2n) is 3.82. The van der Waals surface area contributed by atoms with Gasteiger partial charge in [0, 0.05) is 6.07 Å². The number of benzene rings is 1. The van der Waals surface area contributed by atoms with Crippen LogP contribution >= 0.6 is 0 Å². The van der Waals surface area contributed by atoms with Crippen LogP contribution in [-0.4, -0.2) is 13.2 Å². The molecule has 1 aromatic rings. The van der Waals surface area contributed by atoms with Crippen molar-refractivity contribution in [1.29, 1.82) is 5.53 Å². The third-order valence-electron chi connectivity index (χ3n) is 2.39. The van der Waals surface area contributed by atoms with Gasteiger partial charge in [-0.25, -0.2) is 5.53 Å². The third kappa shape index (κ3) is 4.57. The van der Waals surface area contributed by atoms with Crippen LogP contribution in [0.25, 0.3) is 0 Å². The van der Waals surface area contributed by atoms with Crippen LogP contribution in [0.4, 0.5) is 5.69 Å². The van der Waals surface area contributed by atoms with Crippen molar-refractivity contribution in [2.75, 3.05) is 13.2 Å². The van der Waals surface area contributed by atoms with Crippen LogP contribution in [0.3, 0.4) is 0 Å². The standard InChI is InChI=1S/C14H20N2O2/c1-3-5-9-17-12-7-8-13(16-15)14(11-12)18-10-6-4-2/h4,6-8,11,15H,3,5,9-10H2,1-2H3/b6-4+,16-15?. The Morgan fingerprint density at radius 3 is 2.83 bits per heavy atom. The Bertz CT molecular complexity index is 403. The fourth-order valence-corrected chi connectivity index (χ4v) is 1.36. The average Bonchev–Trinajstić information content (AvgIpc) is 2.40. The molecule has 1 aromatic carbocycles. The summed E-state index contributed by atoms with van der Waals surface area (Å²) in [5.74, 6) is 1.34. The Morgan fingerprint density at radius 1 is 1.33 bits per heavy atom. The number of rotatable bonds is 8. The van der Waals surface area contributed by atoms with E-state index in [9.17, 15) is 0 Å². The average molecular weight is 248 g/mol. The van der Waals surface area contributed by atoms with Crippen molar-refractivity contribution in [3.05, 3.63) is 30.4 Å². The number of hydrogen-bond donors (Lipinski definition) is 1. The van der Waals surface area contributed by atoms with Crippen LogP contribution in [0.15, 0.2) is 35.5 Å². The van der Waals surface area contributed by atoms with Gasteiger partial charge in [0.1, 0.15) is 18.0 Å². The summed E-state index contributed by atoms with van der Waals surface area (Å²) >= 11 is 0. The van der Waals surface area contributed by atoms with E-state index in [4.69, 9.17) is 15.0 Å². The normalized spacial score (nSPS) is 10.6. The molecule has 1 rings (SSSR count). The molecular formula is C14H20N2O2. The van der Waals surface area contributed by atoms with Crippen molar-refractivity contribution in [1.82, 2.24) is 0 Å². The van der Waals surface area contributed by atoms with Gasteiger partial charge in [0.15, 0.2) is 5.75 Å². The highest BCUT2D eigenvalue weighted by Crippen LogP contribution is 2.31. The van der Waals surface area contributed by atoms with Crippen LogP contribution in [-0.2, 0) is 0 Å². The third-order valence-corrected chi connectivity index (χ3v) is 2.39. The molecule has 0 saturated carbocycles. The summed E-state index contributed by atoms with van der Waals surface area (Å²) in [4.78, 5) is 0. The maximum absolute atomic E-state index is 7.09. The molecule has 18 heavy (non-hydrogen) atoms. The van der Waals surface area contributed by atoms with E-state index in [1.807, 2.05) is 25.1 Å². The van der Waals surface area contributed by atoms with Crippen molar-refractivity contribution in [3.8, 4) is 11.5 Å². The highest BCUT2D eigenvalue weighted by molar-refractivity contribution is 5.54. The smallest absolute Gasteiger partial charge is 0.150 e. The second-order valence-corrected chi connectivity index (χ2v) is 3.82. The van der Waals surface area contributed by atoms with Crippen molar-refractivity contribution in [2.24, 2.45) is 5.11 Å². The first-order valence-corrected chi connectivity index (χ1v) is 6.20. The van der Waals surface area contributed by atoms with E-state index in [0.717, 1.165) is 18.6 Å². The highest BCUT2D eigenvalue weighted by atomic mass is 16.5. The Kier molecular flexibility index (Phi) is 6.54. The minimum atomic E-state index is 0.470. The highest BCUT2D eigenvalue weighted by Gasteiger charge is 2.05. The molecule has 0 radical (unpaired) electrons. The minimum Gasteiger partial charge on any atom is -0.493 e. The molecule has 0 heterocycles. The van der Waals surface area contributed by atoms with Gasteiger partial charge in [-0.15, -0.1) is 0 Å². The molecular weight excluding hydrogens is 228 g/mol. The van der Waals surface area contributed by atoms with Crippen molar-refractivity contribution in [3.63, 3.8) is 0 Å². The number of allylic oxidation sites excluding steroid dienone is 1. The van der Waals surface area contributed by atoms with Crippen molar-refractivity contribution < 1.29 is 9.47 Å². The predicted octanol–water partition coefficient (Wildman–Crippen LogP) is 4.48. The van der Waals surface area contributed by atoms with Crippen LogP contribution in [0.5, 0.6) is 11.5 Å². The Labute approximate surface area is 108 Å². The number of hydrogen-bond acceptors (Lipinski definition) is 4. The quantitative estimate of drug-likeness (QED) is 0.419. The van der Waals surface area contributed by atoms with E-state index in [-0.39, 0.29) is 0 Å². The van der Waals surface area contributed by atoms with Gasteiger partial charge >= 0.3 is 0 Å². The molecule has 0 unspecified atom stereocenters.